The van der Waals surface area contributed by atoms with Crippen molar-refractivity contribution in [3.8, 4) is 5.75 Å². The molecule has 1 aliphatic carbocycles. The van der Waals surface area contributed by atoms with Gasteiger partial charge in [0.15, 0.2) is 0 Å². The first-order valence-corrected chi connectivity index (χ1v) is 6.66. The van der Waals surface area contributed by atoms with Crippen molar-refractivity contribution in [2.24, 2.45) is 11.1 Å². The highest BCUT2D eigenvalue weighted by Gasteiger charge is 2.48. The average molecular weight is 269 g/mol. The van der Waals surface area contributed by atoms with E-state index in [2.05, 4.69) is 5.32 Å². The van der Waals surface area contributed by atoms with Crippen LogP contribution in [0.25, 0.3) is 0 Å². The van der Waals surface area contributed by atoms with Crippen molar-refractivity contribution in [2.45, 2.75) is 25.8 Å². The summed E-state index contributed by atoms with van der Waals surface area (Å²) in [5.74, 6) is 0.870. The number of hydrogen-bond acceptors (Lipinski definition) is 3. The summed E-state index contributed by atoms with van der Waals surface area (Å²) in [4.78, 5) is 0. The first-order chi connectivity index (χ1) is 8.54. The lowest BCUT2D eigenvalue weighted by Gasteiger charge is -2.26. The molecule has 3 N–H and O–H groups in total. The zero-order chi connectivity index (χ0) is 13.3. The third-order valence-electron chi connectivity index (χ3n) is 3.89. The van der Waals surface area contributed by atoms with Gasteiger partial charge in [-0.25, -0.2) is 0 Å². The molecule has 1 unspecified atom stereocenters. The quantitative estimate of drug-likeness (QED) is 0.863. The van der Waals surface area contributed by atoms with Gasteiger partial charge >= 0.3 is 0 Å². The highest BCUT2D eigenvalue weighted by Crippen LogP contribution is 2.55. The molecule has 1 aromatic rings. The van der Waals surface area contributed by atoms with Gasteiger partial charge in [-0.15, -0.1) is 0 Å². The second-order valence-electron chi connectivity index (χ2n) is 5.22. The molecule has 100 valence electrons. The molecule has 0 saturated heterocycles. The Kier molecular flexibility index (Phi) is 3.85. The summed E-state index contributed by atoms with van der Waals surface area (Å²) in [7, 11) is 3.65. The molecule has 1 atom stereocenters. The number of benzene rings is 1. The van der Waals surface area contributed by atoms with E-state index in [1.54, 1.807) is 7.11 Å². The molecule has 3 nitrogen and oxygen atoms in total. The van der Waals surface area contributed by atoms with Crippen LogP contribution >= 0.6 is 11.6 Å². The van der Waals surface area contributed by atoms with E-state index >= 15 is 0 Å². The van der Waals surface area contributed by atoms with Crippen molar-refractivity contribution in [1.29, 1.82) is 0 Å². The smallest absolute Gasteiger partial charge is 0.126 e. The van der Waals surface area contributed by atoms with Crippen molar-refractivity contribution in [3.05, 3.63) is 28.3 Å². The molecule has 1 aromatic carbocycles. The lowest BCUT2D eigenvalue weighted by molar-refractivity contribution is 0.362. The van der Waals surface area contributed by atoms with Gasteiger partial charge < -0.3 is 15.8 Å². The average Bonchev–Trinajstić information content (AvgIpc) is 3.08. The van der Waals surface area contributed by atoms with E-state index in [1.807, 2.05) is 26.1 Å². The third-order valence-corrected chi connectivity index (χ3v) is 4.11. The van der Waals surface area contributed by atoms with Crippen LogP contribution in [0.4, 0.5) is 0 Å². The number of halogens is 1. The molecule has 0 heterocycles. The molecule has 1 fully saturated rings. The molecule has 0 aliphatic heterocycles. The van der Waals surface area contributed by atoms with Gasteiger partial charge in [0.25, 0.3) is 0 Å². The molecular formula is C14H21ClN2O. The standard InChI is InChI=1S/C14H21ClN2O/c1-9-6-10(15)7-11(12(9)18-3)13(16)14(4-5-14)8-17-2/h6-7,13,17H,4-5,8,16H2,1-3H3. The SMILES string of the molecule is CNCC1(C(N)c2cc(Cl)cc(C)c2OC)CC1. The number of rotatable bonds is 5. The molecule has 0 amide bonds. The summed E-state index contributed by atoms with van der Waals surface area (Å²) in [6.07, 6.45) is 2.31. The molecule has 4 heteroatoms. The Morgan fingerprint density at radius 2 is 2.17 bits per heavy atom. The molecule has 0 bridgehead atoms. The number of methoxy groups -OCH3 is 1. The Bertz CT molecular complexity index is 444. The van der Waals surface area contributed by atoms with Gasteiger partial charge in [-0.05, 0) is 44.5 Å². The van der Waals surface area contributed by atoms with Gasteiger partial charge in [-0.1, -0.05) is 11.6 Å². The van der Waals surface area contributed by atoms with Crippen LogP contribution in [0, 0.1) is 12.3 Å². The maximum atomic E-state index is 6.46. The fraction of sp³-hybridized carbons (Fsp3) is 0.571. The summed E-state index contributed by atoms with van der Waals surface area (Å²) < 4.78 is 5.49. The predicted octanol–water partition coefficient (Wildman–Crippen LogP) is 2.66. The van der Waals surface area contributed by atoms with Crippen molar-refractivity contribution in [2.75, 3.05) is 20.7 Å². The zero-order valence-corrected chi connectivity index (χ0v) is 12.0. The van der Waals surface area contributed by atoms with Crippen LogP contribution in [-0.2, 0) is 0 Å². The lowest BCUT2D eigenvalue weighted by atomic mass is 9.89. The van der Waals surface area contributed by atoms with Crippen LogP contribution in [0.1, 0.15) is 30.0 Å². The van der Waals surface area contributed by atoms with Crippen molar-refractivity contribution >= 4 is 11.6 Å². The van der Waals surface area contributed by atoms with Gasteiger partial charge in [0, 0.05) is 28.6 Å². The van der Waals surface area contributed by atoms with Crippen LogP contribution in [-0.4, -0.2) is 20.7 Å². The Labute approximate surface area is 114 Å². The second-order valence-corrected chi connectivity index (χ2v) is 5.65. The first-order valence-electron chi connectivity index (χ1n) is 6.28. The highest BCUT2D eigenvalue weighted by atomic mass is 35.5. The fourth-order valence-corrected chi connectivity index (χ4v) is 2.99. The van der Waals surface area contributed by atoms with Crippen LogP contribution in [0.2, 0.25) is 5.02 Å². The number of ether oxygens (including phenoxy) is 1. The molecule has 1 saturated carbocycles. The topological polar surface area (TPSA) is 47.3 Å². The minimum atomic E-state index is -0.0303. The van der Waals surface area contributed by atoms with Crippen molar-refractivity contribution in [3.63, 3.8) is 0 Å². The predicted molar refractivity (Wildman–Crippen MR) is 75.3 cm³/mol. The highest BCUT2D eigenvalue weighted by molar-refractivity contribution is 6.30. The molecular weight excluding hydrogens is 248 g/mol. The summed E-state index contributed by atoms with van der Waals surface area (Å²) in [5, 5.41) is 3.96. The van der Waals surface area contributed by atoms with E-state index in [1.165, 1.54) is 0 Å². The van der Waals surface area contributed by atoms with Gasteiger partial charge in [0.05, 0.1) is 7.11 Å². The number of aryl methyl sites for hydroxylation is 1. The molecule has 0 radical (unpaired) electrons. The Morgan fingerprint density at radius 1 is 1.50 bits per heavy atom. The number of hydrogen-bond donors (Lipinski definition) is 2. The summed E-state index contributed by atoms with van der Waals surface area (Å²) >= 11 is 6.14. The Balaban J connectivity index is 2.38. The number of nitrogens with two attached hydrogens (primary N) is 1. The first kappa shape index (κ1) is 13.7. The molecule has 0 aromatic heterocycles. The zero-order valence-electron chi connectivity index (χ0n) is 11.2. The second kappa shape index (κ2) is 5.08. The van der Waals surface area contributed by atoms with E-state index in [0.717, 1.165) is 41.3 Å². The van der Waals surface area contributed by atoms with E-state index in [4.69, 9.17) is 22.1 Å². The normalized spacial score (nSPS) is 18.5. The molecule has 2 rings (SSSR count). The van der Waals surface area contributed by atoms with Gasteiger partial charge in [0.2, 0.25) is 0 Å². The van der Waals surface area contributed by atoms with E-state index < -0.39 is 0 Å². The summed E-state index contributed by atoms with van der Waals surface area (Å²) in [6.45, 7) is 2.93. The van der Waals surface area contributed by atoms with Gasteiger partial charge in [0.1, 0.15) is 5.75 Å². The van der Waals surface area contributed by atoms with E-state index in [-0.39, 0.29) is 11.5 Å². The Morgan fingerprint density at radius 3 is 2.67 bits per heavy atom. The van der Waals surface area contributed by atoms with Crippen molar-refractivity contribution in [1.82, 2.24) is 5.32 Å². The van der Waals surface area contributed by atoms with Crippen LogP contribution in [0.3, 0.4) is 0 Å². The lowest BCUT2D eigenvalue weighted by Crippen LogP contribution is -2.31. The molecule has 1 aliphatic rings. The summed E-state index contributed by atoms with van der Waals surface area (Å²) in [6, 6.07) is 3.82. The molecule has 18 heavy (non-hydrogen) atoms. The minimum Gasteiger partial charge on any atom is -0.496 e. The van der Waals surface area contributed by atoms with Crippen molar-refractivity contribution < 1.29 is 4.74 Å². The largest absolute Gasteiger partial charge is 0.496 e. The summed E-state index contributed by atoms with van der Waals surface area (Å²) in [5.41, 5.74) is 8.68. The Hall–Kier alpha value is -0.770. The van der Waals surface area contributed by atoms with Gasteiger partial charge in [-0.2, -0.15) is 0 Å². The number of nitrogens with one attached hydrogen (secondary N) is 1. The maximum Gasteiger partial charge on any atom is 0.126 e. The van der Waals surface area contributed by atoms with E-state index in [9.17, 15) is 0 Å². The van der Waals surface area contributed by atoms with Crippen LogP contribution < -0.4 is 15.8 Å². The minimum absolute atomic E-state index is 0.0303. The fourth-order valence-electron chi connectivity index (χ4n) is 2.71. The third kappa shape index (κ3) is 2.35. The van der Waals surface area contributed by atoms with Crippen LogP contribution in [0.5, 0.6) is 5.75 Å². The van der Waals surface area contributed by atoms with E-state index in [0.29, 0.717) is 0 Å². The van der Waals surface area contributed by atoms with Crippen LogP contribution in [0.15, 0.2) is 12.1 Å². The van der Waals surface area contributed by atoms with Gasteiger partial charge in [-0.3, -0.25) is 0 Å². The molecule has 0 spiro atoms. The maximum absolute atomic E-state index is 6.46. The monoisotopic (exact) mass is 268 g/mol.